The SMILES string of the molecule is Cc1ccc(Cl)c(C(Cl)c2ccccc2)c1. The second-order valence-corrected chi connectivity index (χ2v) is 4.64. The molecule has 0 N–H and O–H groups in total. The lowest BCUT2D eigenvalue weighted by Crippen LogP contribution is -1.94. The first-order valence-electron chi connectivity index (χ1n) is 5.13. The van der Waals surface area contributed by atoms with Crippen LogP contribution >= 0.6 is 23.2 Å². The topological polar surface area (TPSA) is 0 Å². The van der Waals surface area contributed by atoms with Gasteiger partial charge in [-0.15, -0.1) is 11.6 Å². The molecule has 0 aliphatic heterocycles. The maximum absolute atomic E-state index is 6.42. The molecule has 1 atom stereocenters. The lowest BCUT2D eigenvalue weighted by atomic mass is 10.0. The van der Waals surface area contributed by atoms with Crippen molar-refractivity contribution in [2.24, 2.45) is 0 Å². The van der Waals surface area contributed by atoms with Crippen LogP contribution in [0.4, 0.5) is 0 Å². The van der Waals surface area contributed by atoms with Gasteiger partial charge < -0.3 is 0 Å². The first-order chi connectivity index (χ1) is 7.68. The monoisotopic (exact) mass is 250 g/mol. The molecule has 2 heteroatoms. The van der Waals surface area contributed by atoms with Gasteiger partial charge in [-0.3, -0.25) is 0 Å². The van der Waals surface area contributed by atoms with Gasteiger partial charge in [0.25, 0.3) is 0 Å². The normalized spacial score (nSPS) is 12.4. The van der Waals surface area contributed by atoms with E-state index >= 15 is 0 Å². The number of hydrogen-bond acceptors (Lipinski definition) is 0. The van der Waals surface area contributed by atoms with Gasteiger partial charge >= 0.3 is 0 Å². The van der Waals surface area contributed by atoms with Crippen LogP contribution < -0.4 is 0 Å². The van der Waals surface area contributed by atoms with Gasteiger partial charge in [0.2, 0.25) is 0 Å². The third kappa shape index (κ3) is 2.40. The highest BCUT2D eigenvalue weighted by atomic mass is 35.5. The summed E-state index contributed by atoms with van der Waals surface area (Å²) in [5, 5.41) is 0.531. The summed E-state index contributed by atoms with van der Waals surface area (Å²) in [5.41, 5.74) is 3.20. The third-order valence-electron chi connectivity index (χ3n) is 2.52. The molecule has 0 bridgehead atoms. The Bertz CT molecular complexity index is 477. The van der Waals surface area contributed by atoms with E-state index in [4.69, 9.17) is 23.2 Å². The van der Waals surface area contributed by atoms with Gasteiger partial charge in [-0.25, -0.2) is 0 Å². The molecule has 0 fully saturated rings. The van der Waals surface area contributed by atoms with E-state index in [9.17, 15) is 0 Å². The third-order valence-corrected chi connectivity index (χ3v) is 3.35. The van der Waals surface area contributed by atoms with Crippen LogP contribution in [0.2, 0.25) is 5.02 Å². The van der Waals surface area contributed by atoms with Crippen LogP contribution in [-0.4, -0.2) is 0 Å². The molecule has 0 heterocycles. The zero-order chi connectivity index (χ0) is 11.5. The van der Waals surface area contributed by atoms with Crippen LogP contribution in [0, 0.1) is 6.92 Å². The first-order valence-corrected chi connectivity index (χ1v) is 5.95. The van der Waals surface area contributed by atoms with Crippen molar-refractivity contribution in [2.45, 2.75) is 12.3 Å². The van der Waals surface area contributed by atoms with E-state index in [2.05, 4.69) is 0 Å². The van der Waals surface area contributed by atoms with Gasteiger partial charge in [0.1, 0.15) is 0 Å². The molecule has 0 aromatic heterocycles. The van der Waals surface area contributed by atoms with E-state index in [1.165, 1.54) is 5.56 Å². The summed E-state index contributed by atoms with van der Waals surface area (Å²) in [6.45, 7) is 2.04. The Labute approximate surface area is 106 Å². The maximum atomic E-state index is 6.42. The molecule has 2 aromatic rings. The number of alkyl halides is 1. The van der Waals surface area contributed by atoms with Gasteiger partial charge in [0, 0.05) is 5.02 Å². The summed E-state index contributed by atoms with van der Waals surface area (Å²) < 4.78 is 0. The van der Waals surface area contributed by atoms with E-state index < -0.39 is 0 Å². The van der Waals surface area contributed by atoms with Crippen LogP contribution in [0.3, 0.4) is 0 Å². The van der Waals surface area contributed by atoms with Crippen molar-refractivity contribution < 1.29 is 0 Å². The smallest absolute Gasteiger partial charge is 0.0849 e. The zero-order valence-corrected chi connectivity index (χ0v) is 10.5. The standard InChI is InChI=1S/C14H12Cl2/c1-10-7-8-13(15)12(9-10)14(16)11-5-3-2-4-6-11/h2-9,14H,1H3. The Hall–Kier alpha value is -0.980. The molecule has 2 aromatic carbocycles. The van der Waals surface area contributed by atoms with Gasteiger partial charge in [0.15, 0.2) is 0 Å². The fraction of sp³-hybridized carbons (Fsp3) is 0.143. The highest BCUT2D eigenvalue weighted by molar-refractivity contribution is 6.33. The van der Waals surface area contributed by atoms with Crippen molar-refractivity contribution in [2.75, 3.05) is 0 Å². The Morgan fingerprint density at radius 2 is 1.69 bits per heavy atom. The molecule has 1 unspecified atom stereocenters. The average Bonchev–Trinajstić information content (AvgIpc) is 2.32. The van der Waals surface area contributed by atoms with Crippen LogP contribution in [0.15, 0.2) is 48.5 Å². The van der Waals surface area contributed by atoms with Gasteiger partial charge in [0.05, 0.1) is 5.38 Å². The van der Waals surface area contributed by atoms with E-state index in [1.54, 1.807) is 0 Å². The molecule has 0 nitrogen and oxygen atoms in total. The maximum Gasteiger partial charge on any atom is 0.0849 e. The summed E-state index contributed by atoms with van der Waals surface area (Å²) in [4.78, 5) is 0. The average molecular weight is 251 g/mol. The Balaban J connectivity index is 2.41. The lowest BCUT2D eigenvalue weighted by Gasteiger charge is -2.12. The predicted molar refractivity (Wildman–Crippen MR) is 70.3 cm³/mol. The van der Waals surface area contributed by atoms with E-state index in [0.29, 0.717) is 0 Å². The van der Waals surface area contributed by atoms with Gasteiger partial charge in [-0.2, -0.15) is 0 Å². The van der Waals surface area contributed by atoms with E-state index in [1.807, 2.05) is 55.5 Å². The van der Waals surface area contributed by atoms with Crippen LogP contribution in [-0.2, 0) is 0 Å². The van der Waals surface area contributed by atoms with Crippen molar-refractivity contribution in [1.82, 2.24) is 0 Å². The molecule has 0 amide bonds. The number of halogens is 2. The Kier molecular flexibility index (Phi) is 3.52. The lowest BCUT2D eigenvalue weighted by molar-refractivity contribution is 1.13. The number of hydrogen-bond donors (Lipinski definition) is 0. The second kappa shape index (κ2) is 4.90. The van der Waals surface area contributed by atoms with Crippen molar-refractivity contribution in [1.29, 1.82) is 0 Å². The van der Waals surface area contributed by atoms with Crippen molar-refractivity contribution >= 4 is 23.2 Å². The largest absolute Gasteiger partial charge is 0.113 e. The van der Waals surface area contributed by atoms with Crippen molar-refractivity contribution in [3.63, 3.8) is 0 Å². The summed E-state index contributed by atoms with van der Waals surface area (Å²) in [5.74, 6) is 0. The molecule has 16 heavy (non-hydrogen) atoms. The Morgan fingerprint density at radius 1 is 1.00 bits per heavy atom. The predicted octanol–water partition coefficient (Wildman–Crippen LogP) is 4.98. The molecular weight excluding hydrogens is 239 g/mol. The van der Waals surface area contributed by atoms with Crippen LogP contribution in [0.25, 0.3) is 0 Å². The second-order valence-electron chi connectivity index (χ2n) is 3.80. The first kappa shape index (κ1) is 11.5. The van der Waals surface area contributed by atoms with Crippen LogP contribution in [0.1, 0.15) is 22.1 Å². The number of rotatable bonds is 2. The highest BCUT2D eigenvalue weighted by Crippen LogP contribution is 2.33. The quantitative estimate of drug-likeness (QED) is 0.660. The number of benzene rings is 2. The minimum absolute atomic E-state index is 0.186. The van der Waals surface area contributed by atoms with E-state index in [-0.39, 0.29) is 5.38 Å². The summed E-state index contributed by atoms with van der Waals surface area (Å²) in [7, 11) is 0. The minimum Gasteiger partial charge on any atom is -0.113 e. The summed E-state index contributed by atoms with van der Waals surface area (Å²) >= 11 is 12.6. The number of aryl methyl sites for hydroxylation is 1. The van der Waals surface area contributed by atoms with Gasteiger partial charge in [-0.05, 0) is 24.1 Å². The Morgan fingerprint density at radius 3 is 2.38 bits per heavy atom. The molecule has 0 aliphatic rings. The highest BCUT2D eigenvalue weighted by Gasteiger charge is 2.13. The van der Waals surface area contributed by atoms with E-state index in [0.717, 1.165) is 16.1 Å². The molecule has 0 spiro atoms. The summed E-state index contributed by atoms with van der Waals surface area (Å²) in [6, 6.07) is 15.9. The molecule has 0 saturated heterocycles. The molecular formula is C14H12Cl2. The molecule has 0 aliphatic carbocycles. The summed E-state index contributed by atoms with van der Waals surface area (Å²) in [6.07, 6.45) is 0. The fourth-order valence-electron chi connectivity index (χ4n) is 1.66. The van der Waals surface area contributed by atoms with Gasteiger partial charge in [-0.1, -0.05) is 59.6 Å². The molecule has 82 valence electrons. The zero-order valence-electron chi connectivity index (χ0n) is 8.95. The fourth-order valence-corrected chi connectivity index (χ4v) is 2.27. The van der Waals surface area contributed by atoms with Crippen molar-refractivity contribution in [3.8, 4) is 0 Å². The van der Waals surface area contributed by atoms with Crippen LogP contribution in [0.5, 0.6) is 0 Å². The molecule has 2 rings (SSSR count). The molecule has 0 saturated carbocycles. The molecule has 0 radical (unpaired) electrons. The van der Waals surface area contributed by atoms with Crippen molar-refractivity contribution in [3.05, 3.63) is 70.2 Å². The minimum atomic E-state index is -0.186.